The minimum absolute atomic E-state index is 0.288. The molecule has 0 bridgehead atoms. The van der Waals surface area contributed by atoms with Crippen LogP contribution < -0.4 is 14.8 Å². The Morgan fingerprint density at radius 2 is 1.77 bits per heavy atom. The number of anilines is 1. The van der Waals surface area contributed by atoms with E-state index in [9.17, 15) is 9.59 Å². The molecule has 2 aromatic carbocycles. The summed E-state index contributed by atoms with van der Waals surface area (Å²) in [6, 6.07) is 12.5. The first kappa shape index (κ1) is 23.3. The molecule has 0 fully saturated rings. The van der Waals surface area contributed by atoms with Crippen molar-refractivity contribution in [3.05, 3.63) is 53.6 Å². The van der Waals surface area contributed by atoms with E-state index in [1.54, 1.807) is 18.2 Å². The summed E-state index contributed by atoms with van der Waals surface area (Å²) in [5.74, 6) is 0.687. The SMILES string of the molecule is CC[C@H](C)c1ccccc1NC(=O)COC(=O)c1ccc(OCC(C)C)c(OC)c1. The highest BCUT2D eigenvalue weighted by Gasteiger charge is 2.16. The van der Waals surface area contributed by atoms with Crippen LogP contribution >= 0.6 is 0 Å². The molecular weight excluding hydrogens is 382 g/mol. The zero-order valence-electron chi connectivity index (χ0n) is 18.4. The summed E-state index contributed by atoms with van der Waals surface area (Å²) in [6.07, 6.45) is 0.959. The quantitative estimate of drug-likeness (QED) is 0.553. The normalized spacial score (nSPS) is 11.7. The van der Waals surface area contributed by atoms with Crippen molar-refractivity contribution in [2.24, 2.45) is 5.92 Å². The highest BCUT2D eigenvalue weighted by Crippen LogP contribution is 2.29. The number of carbonyl (C=O) groups is 2. The number of para-hydroxylation sites is 1. The third-order valence-electron chi connectivity index (χ3n) is 4.68. The minimum atomic E-state index is -0.603. The molecule has 6 heteroatoms. The molecular formula is C24H31NO5. The second-order valence-electron chi connectivity index (χ2n) is 7.59. The Bertz CT molecular complexity index is 862. The van der Waals surface area contributed by atoms with Gasteiger partial charge in [0.2, 0.25) is 0 Å². The second kappa shape index (κ2) is 11.2. The maximum Gasteiger partial charge on any atom is 0.338 e. The molecule has 0 radical (unpaired) electrons. The fourth-order valence-corrected chi connectivity index (χ4v) is 2.83. The van der Waals surface area contributed by atoms with Gasteiger partial charge in [-0.05, 0) is 48.1 Å². The molecule has 0 saturated heterocycles. The van der Waals surface area contributed by atoms with Crippen LogP contribution in [0.1, 0.15) is 56.0 Å². The van der Waals surface area contributed by atoms with Crippen molar-refractivity contribution < 1.29 is 23.8 Å². The number of ether oxygens (including phenoxy) is 3. The Balaban J connectivity index is 1.98. The number of amides is 1. The highest BCUT2D eigenvalue weighted by molar-refractivity contribution is 5.96. The predicted octanol–water partition coefficient (Wildman–Crippen LogP) is 5.04. The molecule has 1 N–H and O–H groups in total. The van der Waals surface area contributed by atoms with Gasteiger partial charge in [-0.25, -0.2) is 4.79 Å². The van der Waals surface area contributed by atoms with Crippen LogP contribution in [0.25, 0.3) is 0 Å². The van der Waals surface area contributed by atoms with Gasteiger partial charge in [0.25, 0.3) is 5.91 Å². The van der Waals surface area contributed by atoms with E-state index in [0.29, 0.717) is 29.9 Å². The van der Waals surface area contributed by atoms with Crippen LogP contribution in [0.5, 0.6) is 11.5 Å². The van der Waals surface area contributed by atoms with Crippen molar-refractivity contribution in [2.75, 3.05) is 25.6 Å². The summed E-state index contributed by atoms with van der Waals surface area (Å²) >= 11 is 0. The van der Waals surface area contributed by atoms with Gasteiger partial charge in [0.1, 0.15) is 0 Å². The van der Waals surface area contributed by atoms with Crippen LogP contribution in [0.3, 0.4) is 0 Å². The molecule has 1 atom stereocenters. The van der Waals surface area contributed by atoms with Gasteiger partial charge in [-0.2, -0.15) is 0 Å². The maximum atomic E-state index is 12.4. The summed E-state index contributed by atoms with van der Waals surface area (Å²) in [7, 11) is 1.51. The lowest BCUT2D eigenvalue weighted by Gasteiger charge is -2.16. The number of nitrogens with one attached hydrogen (secondary N) is 1. The summed E-state index contributed by atoms with van der Waals surface area (Å²) < 4.78 is 16.2. The smallest absolute Gasteiger partial charge is 0.338 e. The molecule has 2 rings (SSSR count). The van der Waals surface area contributed by atoms with Crippen molar-refractivity contribution >= 4 is 17.6 Å². The van der Waals surface area contributed by atoms with Gasteiger partial charge in [-0.3, -0.25) is 4.79 Å². The molecule has 1 amide bonds. The van der Waals surface area contributed by atoms with Crippen LogP contribution in [0.15, 0.2) is 42.5 Å². The molecule has 0 aliphatic carbocycles. The van der Waals surface area contributed by atoms with E-state index in [0.717, 1.165) is 17.7 Å². The molecule has 0 saturated carbocycles. The van der Waals surface area contributed by atoms with E-state index in [1.807, 2.05) is 38.1 Å². The molecule has 30 heavy (non-hydrogen) atoms. The maximum absolute atomic E-state index is 12.4. The molecule has 6 nitrogen and oxygen atoms in total. The van der Waals surface area contributed by atoms with E-state index in [-0.39, 0.29) is 18.1 Å². The zero-order valence-corrected chi connectivity index (χ0v) is 18.4. The number of rotatable bonds is 10. The standard InChI is InChI=1S/C24H31NO5/c1-6-17(4)19-9-7-8-10-20(19)25-23(26)15-30-24(27)18-11-12-21(22(13-18)28-5)29-14-16(2)3/h7-13,16-17H,6,14-15H2,1-5H3,(H,25,26)/t17-/m0/s1. The first-order valence-corrected chi connectivity index (χ1v) is 10.2. The Morgan fingerprint density at radius 1 is 1.03 bits per heavy atom. The average molecular weight is 414 g/mol. The lowest BCUT2D eigenvalue weighted by atomic mass is 9.97. The Hall–Kier alpha value is -3.02. The third kappa shape index (κ3) is 6.51. The van der Waals surface area contributed by atoms with Crippen molar-refractivity contribution in [1.82, 2.24) is 0 Å². The Labute approximate surface area is 178 Å². The van der Waals surface area contributed by atoms with Crippen molar-refractivity contribution in [2.45, 2.75) is 40.0 Å². The second-order valence-corrected chi connectivity index (χ2v) is 7.59. The van der Waals surface area contributed by atoms with Gasteiger partial charge < -0.3 is 19.5 Å². The van der Waals surface area contributed by atoms with E-state index in [4.69, 9.17) is 14.2 Å². The lowest BCUT2D eigenvalue weighted by Crippen LogP contribution is -2.21. The lowest BCUT2D eigenvalue weighted by molar-refractivity contribution is -0.119. The topological polar surface area (TPSA) is 73.9 Å². The van der Waals surface area contributed by atoms with E-state index >= 15 is 0 Å². The highest BCUT2D eigenvalue weighted by atomic mass is 16.5. The molecule has 0 aromatic heterocycles. The van der Waals surface area contributed by atoms with Gasteiger partial charge in [-0.1, -0.05) is 45.9 Å². The predicted molar refractivity (Wildman–Crippen MR) is 117 cm³/mol. The van der Waals surface area contributed by atoms with E-state index < -0.39 is 5.97 Å². The summed E-state index contributed by atoms with van der Waals surface area (Å²) in [5.41, 5.74) is 2.08. The molecule has 0 spiro atoms. The van der Waals surface area contributed by atoms with Crippen LogP contribution in [-0.4, -0.2) is 32.2 Å². The van der Waals surface area contributed by atoms with Crippen LogP contribution in [-0.2, 0) is 9.53 Å². The van der Waals surface area contributed by atoms with Gasteiger partial charge in [-0.15, -0.1) is 0 Å². The molecule has 0 unspecified atom stereocenters. The number of benzene rings is 2. The van der Waals surface area contributed by atoms with Crippen molar-refractivity contribution in [3.8, 4) is 11.5 Å². The molecule has 0 aliphatic heterocycles. The fourth-order valence-electron chi connectivity index (χ4n) is 2.83. The number of hydrogen-bond acceptors (Lipinski definition) is 5. The van der Waals surface area contributed by atoms with E-state index in [2.05, 4.69) is 19.2 Å². The van der Waals surface area contributed by atoms with Crippen LogP contribution in [0.4, 0.5) is 5.69 Å². The number of carbonyl (C=O) groups excluding carboxylic acids is 2. The summed E-state index contributed by atoms with van der Waals surface area (Å²) in [5, 5.41) is 2.83. The number of esters is 1. The van der Waals surface area contributed by atoms with Gasteiger partial charge in [0.15, 0.2) is 18.1 Å². The largest absolute Gasteiger partial charge is 0.493 e. The number of methoxy groups -OCH3 is 1. The average Bonchev–Trinajstić information content (AvgIpc) is 2.75. The monoisotopic (exact) mass is 413 g/mol. The molecule has 0 aliphatic rings. The summed E-state index contributed by atoms with van der Waals surface area (Å²) in [6.45, 7) is 8.46. The molecule has 2 aromatic rings. The zero-order chi connectivity index (χ0) is 22.1. The first-order chi connectivity index (χ1) is 14.3. The summed E-state index contributed by atoms with van der Waals surface area (Å²) in [4.78, 5) is 24.7. The Kier molecular flexibility index (Phi) is 8.71. The van der Waals surface area contributed by atoms with Gasteiger partial charge in [0.05, 0.1) is 19.3 Å². The molecule has 0 heterocycles. The first-order valence-electron chi connectivity index (χ1n) is 10.2. The third-order valence-corrected chi connectivity index (χ3v) is 4.68. The van der Waals surface area contributed by atoms with Crippen molar-refractivity contribution in [3.63, 3.8) is 0 Å². The van der Waals surface area contributed by atoms with Crippen molar-refractivity contribution in [1.29, 1.82) is 0 Å². The van der Waals surface area contributed by atoms with Crippen LogP contribution in [0.2, 0.25) is 0 Å². The minimum Gasteiger partial charge on any atom is -0.493 e. The fraction of sp³-hybridized carbons (Fsp3) is 0.417. The number of hydrogen-bond donors (Lipinski definition) is 1. The Morgan fingerprint density at radius 3 is 2.43 bits per heavy atom. The van der Waals surface area contributed by atoms with E-state index in [1.165, 1.54) is 7.11 Å². The van der Waals surface area contributed by atoms with Gasteiger partial charge in [0, 0.05) is 5.69 Å². The van der Waals surface area contributed by atoms with Gasteiger partial charge >= 0.3 is 5.97 Å². The molecule has 162 valence electrons. The van der Waals surface area contributed by atoms with Crippen LogP contribution in [0, 0.1) is 5.92 Å².